The molecule has 23 heavy (non-hydrogen) atoms. The fraction of sp³-hybridized carbons (Fsp3) is 0.474. The zero-order valence-corrected chi connectivity index (χ0v) is 14.6. The quantitative estimate of drug-likeness (QED) is 0.618. The van der Waals surface area contributed by atoms with Crippen molar-refractivity contribution in [2.24, 2.45) is 5.92 Å². The summed E-state index contributed by atoms with van der Waals surface area (Å²) >= 11 is 0. The van der Waals surface area contributed by atoms with Gasteiger partial charge >= 0.3 is 5.97 Å². The molecule has 0 spiro atoms. The van der Waals surface area contributed by atoms with Crippen molar-refractivity contribution in [3.8, 4) is 0 Å². The van der Waals surface area contributed by atoms with Crippen LogP contribution in [0.4, 0.5) is 0 Å². The van der Waals surface area contributed by atoms with Crippen LogP contribution in [0.3, 0.4) is 0 Å². The van der Waals surface area contributed by atoms with E-state index in [1.54, 1.807) is 6.08 Å². The third-order valence-corrected chi connectivity index (χ3v) is 3.54. The number of hydrogen-bond donors (Lipinski definition) is 1. The summed E-state index contributed by atoms with van der Waals surface area (Å²) in [6.07, 6.45) is 3.74. The number of nitrogens with one attached hydrogen (secondary N) is 1. The number of hydrogen-bond acceptors (Lipinski definition) is 3. The van der Waals surface area contributed by atoms with Crippen molar-refractivity contribution in [3.63, 3.8) is 0 Å². The zero-order valence-electron chi connectivity index (χ0n) is 14.6. The molecule has 4 nitrogen and oxygen atoms in total. The highest BCUT2D eigenvalue weighted by atomic mass is 16.5. The number of esters is 1. The van der Waals surface area contributed by atoms with Crippen LogP contribution in [-0.4, -0.2) is 25.0 Å². The van der Waals surface area contributed by atoms with Gasteiger partial charge in [-0.2, -0.15) is 0 Å². The first-order chi connectivity index (χ1) is 10.8. The van der Waals surface area contributed by atoms with Crippen LogP contribution in [0.25, 0.3) is 6.08 Å². The number of rotatable bonds is 7. The minimum absolute atomic E-state index is 0.284. The molecule has 0 saturated carbocycles. The second-order valence-corrected chi connectivity index (χ2v) is 6.37. The van der Waals surface area contributed by atoms with Gasteiger partial charge in [-0.05, 0) is 35.5 Å². The van der Waals surface area contributed by atoms with Crippen LogP contribution in [0.1, 0.15) is 51.2 Å². The number of benzene rings is 1. The zero-order chi connectivity index (χ0) is 17.4. The molecule has 0 radical (unpaired) electrons. The van der Waals surface area contributed by atoms with E-state index in [1.807, 2.05) is 26.0 Å². The number of methoxy groups -OCH3 is 1. The minimum Gasteiger partial charge on any atom is -0.467 e. The van der Waals surface area contributed by atoms with Gasteiger partial charge in [0.15, 0.2) is 0 Å². The maximum atomic E-state index is 12.0. The number of amides is 1. The highest BCUT2D eigenvalue weighted by Gasteiger charge is 2.21. The first kappa shape index (κ1) is 18.9. The summed E-state index contributed by atoms with van der Waals surface area (Å²) in [5.41, 5.74) is 2.21. The van der Waals surface area contributed by atoms with Crippen molar-refractivity contribution in [1.29, 1.82) is 0 Å². The average Bonchev–Trinajstić information content (AvgIpc) is 2.51. The summed E-state index contributed by atoms with van der Waals surface area (Å²) in [5, 5.41) is 2.70. The summed E-state index contributed by atoms with van der Waals surface area (Å²) < 4.78 is 4.73. The number of carbonyl (C=O) groups excluding carboxylic acids is 2. The molecule has 0 aliphatic heterocycles. The van der Waals surface area contributed by atoms with Gasteiger partial charge in [0.1, 0.15) is 6.04 Å². The van der Waals surface area contributed by atoms with E-state index >= 15 is 0 Å². The SMILES string of the molecule is COC(=O)[C@@H](CC(C)C)NC(=O)/C=C/c1ccc(C(C)C)cc1. The summed E-state index contributed by atoms with van der Waals surface area (Å²) in [6.45, 7) is 8.27. The lowest BCUT2D eigenvalue weighted by Crippen LogP contribution is -2.41. The molecule has 1 N–H and O–H groups in total. The van der Waals surface area contributed by atoms with E-state index in [-0.39, 0.29) is 11.8 Å². The lowest BCUT2D eigenvalue weighted by atomic mass is 10.0. The van der Waals surface area contributed by atoms with E-state index in [1.165, 1.54) is 18.7 Å². The van der Waals surface area contributed by atoms with Gasteiger partial charge in [0.2, 0.25) is 5.91 Å². The molecule has 0 aromatic heterocycles. The Morgan fingerprint density at radius 2 is 1.74 bits per heavy atom. The van der Waals surface area contributed by atoms with E-state index in [0.717, 1.165) is 5.56 Å². The third kappa shape index (κ3) is 6.68. The van der Waals surface area contributed by atoms with Crippen molar-refractivity contribution in [1.82, 2.24) is 5.32 Å². The largest absolute Gasteiger partial charge is 0.467 e. The Balaban J connectivity index is 2.67. The van der Waals surface area contributed by atoms with Gasteiger partial charge in [0.05, 0.1) is 7.11 Å². The van der Waals surface area contributed by atoms with Crippen molar-refractivity contribution in [2.75, 3.05) is 7.11 Å². The van der Waals surface area contributed by atoms with Crippen LogP contribution >= 0.6 is 0 Å². The first-order valence-electron chi connectivity index (χ1n) is 7.99. The van der Waals surface area contributed by atoms with Gasteiger partial charge in [-0.25, -0.2) is 4.79 Å². The van der Waals surface area contributed by atoms with E-state index < -0.39 is 12.0 Å². The molecular weight excluding hydrogens is 290 g/mol. The molecule has 0 aliphatic carbocycles. The predicted molar refractivity (Wildman–Crippen MR) is 93.0 cm³/mol. The van der Waals surface area contributed by atoms with Crippen molar-refractivity contribution in [3.05, 3.63) is 41.5 Å². The Bertz CT molecular complexity index is 544. The molecule has 0 unspecified atom stereocenters. The normalized spacial score (nSPS) is 12.7. The van der Waals surface area contributed by atoms with Crippen LogP contribution in [-0.2, 0) is 14.3 Å². The lowest BCUT2D eigenvalue weighted by molar-refractivity contribution is -0.145. The summed E-state index contributed by atoms with van der Waals surface area (Å²) in [5.74, 6) is 0.0517. The van der Waals surface area contributed by atoms with Crippen LogP contribution in [0.2, 0.25) is 0 Å². The van der Waals surface area contributed by atoms with E-state index in [4.69, 9.17) is 4.74 Å². The Labute approximate surface area is 138 Å². The van der Waals surface area contributed by atoms with Crippen molar-refractivity contribution < 1.29 is 14.3 Å². The summed E-state index contributed by atoms with van der Waals surface area (Å²) in [4.78, 5) is 23.7. The molecule has 1 atom stereocenters. The molecule has 0 heterocycles. The first-order valence-corrected chi connectivity index (χ1v) is 7.99. The molecule has 1 amide bonds. The van der Waals surface area contributed by atoms with E-state index in [9.17, 15) is 9.59 Å². The van der Waals surface area contributed by atoms with Gasteiger partial charge in [-0.3, -0.25) is 4.79 Å². The second-order valence-electron chi connectivity index (χ2n) is 6.37. The molecule has 126 valence electrons. The van der Waals surface area contributed by atoms with Gasteiger partial charge in [0.25, 0.3) is 0 Å². The smallest absolute Gasteiger partial charge is 0.328 e. The molecule has 4 heteroatoms. The van der Waals surface area contributed by atoms with E-state index in [2.05, 4.69) is 31.3 Å². The Kier molecular flexibility index (Phi) is 7.52. The van der Waals surface area contributed by atoms with Crippen LogP contribution in [0.5, 0.6) is 0 Å². The average molecular weight is 317 g/mol. The van der Waals surface area contributed by atoms with Gasteiger partial charge in [0, 0.05) is 6.08 Å². The van der Waals surface area contributed by atoms with Crippen LogP contribution < -0.4 is 5.32 Å². The monoisotopic (exact) mass is 317 g/mol. The maximum Gasteiger partial charge on any atom is 0.328 e. The summed E-state index contributed by atoms with van der Waals surface area (Å²) in [6, 6.07) is 7.45. The molecule has 0 fully saturated rings. The Morgan fingerprint density at radius 3 is 2.22 bits per heavy atom. The van der Waals surface area contributed by atoms with E-state index in [0.29, 0.717) is 12.3 Å². The highest BCUT2D eigenvalue weighted by Crippen LogP contribution is 2.15. The number of ether oxygens (including phenoxy) is 1. The molecule has 1 rings (SSSR count). The van der Waals surface area contributed by atoms with Gasteiger partial charge in [-0.15, -0.1) is 0 Å². The fourth-order valence-corrected chi connectivity index (χ4v) is 2.21. The standard InChI is InChI=1S/C19H27NO3/c1-13(2)12-17(19(22)23-5)20-18(21)11-8-15-6-9-16(10-7-15)14(3)4/h6-11,13-14,17H,12H2,1-5H3,(H,20,21)/b11-8+/t17-/m1/s1. The van der Waals surface area contributed by atoms with Gasteiger partial charge in [-0.1, -0.05) is 52.0 Å². The molecule has 0 aliphatic rings. The van der Waals surface area contributed by atoms with Crippen LogP contribution in [0.15, 0.2) is 30.3 Å². The summed E-state index contributed by atoms with van der Waals surface area (Å²) in [7, 11) is 1.33. The van der Waals surface area contributed by atoms with Crippen molar-refractivity contribution in [2.45, 2.75) is 46.1 Å². The Hall–Kier alpha value is -2.10. The topological polar surface area (TPSA) is 55.4 Å². The lowest BCUT2D eigenvalue weighted by Gasteiger charge is -2.17. The predicted octanol–water partition coefficient (Wildman–Crippen LogP) is 3.53. The molecule has 0 saturated heterocycles. The van der Waals surface area contributed by atoms with Gasteiger partial charge < -0.3 is 10.1 Å². The number of carbonyl (C=O) groups is 2. The Morgan fingerprint density at radius 1 is 1.13 bits per heavy atom. The third-order valence-electron chi connectivity index (χ3n) is 3.54. The second kappa shape index (κ2) is 9.13. The molecular formula is C19H27NO3. The fourth-order valence-electron chi connectivity index (χ4n) is 2.21. The molecule has 1 aromatic carbocycles. The van der Waals surface area contributed by atoms with Crippen LogP contribution in [0, 0.1) is 5.92 Å². The van der Waals surface area contributed by atoms with Crippen molar-refractivity contribution >= 4 is 18.0 Å². The highest BCUT2D eigenvalue weighted by molar-refractivity contribution is 5.94. The molecule has 0 bridgehead atoms. The molecule has 1 aromatic rings. The maximum absolute atomic E-state index is 12.0. The minimum atomic E-state index is -0.611.